The van der Waals surface area contributed by atoms with E-state index in [-0.39, 0.29) is 23.7 Å². The van der Waals surface area contributed by atoms with Gasteiger partial charge in [0, 0.05) is 5.56 Å². The standard InChI is InChI=1S/C16H14O4/c1-11-7-8-13(14(17)9-11)16(19)20-10-15(18)12-5-3-2-4-6-12/h2-9,17H,10H2,1H3. The van der Waals surface area contributed by atoms with E-state index in [1.807, 2.05) is 0 Å². The van der Waals surface area contributed by atoms with Gasteiger partial charge in [0.05, 0.1) is 0 Å². The van der Waals surface area contributed by atoms with E-state index in [1.165, 1.54) is 12.1 Å². The van der Waals surface area contributed by atoms with Crippen LogP contribution in [0.15, 0.2) is 48.5 Å². The zero-order valence-electron chi connectivity index (χ0n) is 11.0. The van der Waals surface area contributed by atoms with Gasteiger partial charge >= 0.3 is 5.97 Å². The average molecular weight is 270 g/mol. The van der Waals surface area contributed by atoms with Crippen LogP contribution in [0.1, 0.15) is 26.3 Å². The number of phenols is 1. The van der Waals surface area contributed by atoms with Crippen molar-refractivity contribution in [1.29, 1.82) is 0 Å². The maximum atomic E-state index is 11.8. The van der Waals surface area contributed by atoms with Gasteiger partial charge in [0.25, 0.3) is 0 Å². The highest BCUT2D eigenvalue weighted by Crippen LogP contribution is 2.19. The fourth-order valence-corrected chi connectivity index (χ4v) is 1.73. The van der Waals surface area contributed by atoms with Crippen molar-refractivity contribution in [2.24, 2.45) is 0 Å². The van der Waals surface area contributed by atoms with E-state index in [4.69, 9.17) is 4.74 Å². The summed E-state index contributed by atoms with van der Waals surface area (Å²) >= 11 is 0. The predicted octanol–water partition coefficient (Wildman–Crippen LogP) is 2.74. The second-order valence-corrected chi connectivity index (χ2v) is 4.39. The summed E-state index contributed by atoms with van der Waals surface area (Å²) in [6.45, 7) is 1.45. The Bertz CT molecular complexity index is 632. The molecule has 2 aromatic rings. The summed E-state index contributed by atoms with van der Waals surface area (Å²) in [6, 6.07) is 13.2. The molecule has 0 saturated heterocycles. The van der Waals surface area contributed by atoms with Crippen molar-refractivity contribution >= 4 is 11.8 Å². The fraction of sp³-hybridized carbons (Fsp3) is 0.125. The molecule has 4 heteroatoms. The van der Waals surface area contributed by atoms with Crippen LogP contribution in [0.3, 0.4) is 0 Å². The average Bonchev–Trinajstić information content (AvgIpc) is 2.45. The van der Waals surface area contributed by atoms with Crippen LogP contribution in [0.4, 0.5) is 0 Å². The number of aryl methyl sites for hydroxylation is 1. The molecule has 0 aliphatic carbocycles. The molecule has 0 spiro atoms. The van der Waals surface area contributed by atoms with Gasteiger partial charge < -0.3 is 9.84 Å². The molecule has 0 heterocycles. The van der Waals surface area contributed by atoms with Crippen LogP contribution in [0.25, 0.3) is 0 Å². The highest BCUT2D eigenvalue weighted by molar-refractivity contribution is 5.99. The number of phenolic OH excluding ortho intramolecular Hbond substituents is 1. The normalized spacial score (nSPS) is 10.1. The Balaban J connectivity index is 2.00. The lowest BCUT2D eigenvalue weighted by atomic mass is 10.1. The molecule has 0 aromatic heterocycles. The van der Waals surface area contributed by atoms with Gasteiger partial charge in [0.15, 0.2) is 12.4 Å². The molecule has 2 aromatic carbocycles. The van der Waals surface area contributed by atoms with E-state index in [0.29, 0.717) is 5.56 Å². The van der Waals surface area contributed by atoms with E-state index in [1.54, 1.807) is 43.3 Å². The first kappa shape index (κ1) is 13.8. The summed E-state index contributed by atoms with van der Waals surface area (Å²) in [6.07, 6.45) is 0. The minimum Gasteiger partial charge on any atom is -0.507 e. The molecule has 20 heavy (non-hydrogen) atoms. The van der Waals surface area contributed by atoms with Gasteiger partial charge in [-0.1, -0.05) is 36.4 Å². The Morgan fingerprint density at radius 2 is 1.80 bits per heavy atom. The largest absolute Gasteiger partial charge is 0.507 e. The first-order valence-corrected chi connectivity index (χ1v) is 6.13. The van der Waals surface area contributed by atoms with Crippen molar-refractivity contribution in [3.63, 3.8) is 0 Å². The third kappa shape index (κ3) is 3.23. The van der Waals surface area contributed by atoms with Gasteiger partial charge in [-0.3, -0.25) is 4.79 Å². The predicted molar refractivity (Wildman–Crippen MR) is 73.9 cm³/mol. The minimum absolute atomic E-state index is 0.0523. The van der Waals surface area contributed by atoms with E-state index in [2.05, 4.69) is 0 Å². The number of benzene rings is 2. The highest BCUT2D eigenvalue weighted by Gasteiger charge is 2.15. The van der Waals surface area contributed by atoms with Gasteiger partial charge in [-0.2, -0.15) is 0 Å². The van der Waals surface area contributed by atoms with Crippen molar-refractivity contribution in [2.45, 2.75) is 6.92 Å². The molecule has 1 N–H and O–H groups in total. The summed E-state index contributed by atoms with van der Waals surface area (Å²) in [5, 5.41) is 9.66. The second-order valence-electron chi connectivity index (χ2n) is 4.39. The minimum atomic E-state index is -0.716. The number of carbonyl (C=O) groups is 2. The van der Waals surface area contributed by atoms with Crippen LogP contribution in [0, 0.1) is 6.92 Å². The van der Waals surface area contributed by atoms with E-state index >= 15 is 0 Å². The van der Waals surface area contributed by atoms with Crippen LogP contribution >= 0.6 is 0 Å². The van der Waals surface area contributed by atoms with Crippen molar-refractivity contribution in [3.8, 4) is 5.75 Å². The Labute approximate surface area is 116 Å². The summed E-state index contributed by atoms with van der Waals surface area (Å²) in [4.78, 5) is 23.6. The molecule has 0 aliphatic heterocycles. The van der Waals surface area contributed by atoms with Crippen LogP contribution in [-0.2, 0) is 4.74 Å². The van der Waals surface area contributed by atoms with Crippen LogP contribution in [-0.4, -0.2) is 23.5 Å². The number of rotatable bonds is 4. The summed E-state index contributed by atoms with van der Waals surface area (Å²) in [5.41, 5.74) is 1.37. The topological polar surface area (TPSA) is 63.6 Å². The van der Waals surface area contributed by atoms with Gasteiger partial charge in [0.1, 0.15) is 11.3 Å². The molecule has 0 atom stereocenters. The maximum Gasteiger partial charge on any atom is 0.342 e. The smallest absolute Gasteiger partial charge is 0.342 e. The molecule has 0 fully saturated rings. The summed E-state index contributed by atoms with van der Waals surface area (Å²) in [7, 11) is 0. The Kier molecular flexibility index (Phi) is 4.15. The second kappa shape index (κ2) is 6.02. The number of carbonyl (C=O) groups excluding carboxylic acids is 2. The number of ketones is 1. The Morgan fingerprint density at radius 3 is 2.45 bits per heavy atom. The highest BCUT2D eigenvalue weighted by atomic mass is 16.5. The maximum absolute atomic E-state index is 11.8. The fourth-order valence-electron chi connectivity index (χ4n) is 1.73. The molecule has 0 unspecified atom stereocenters. The first-order valence-electron chi connectivity index (χ1n) is 6.13. The zero-order valence-corrected chi connectivity index (χ0v) is 11.0. The van der Waals surface area contributed by atoms with Gasteiger partial charge in [0.2, 0.25) is 0 Å². The number of hydrogen-bond acceptors (Lipinski definition) is 4. The molecular weight excluding hydrogens is 256 g/mol. The third-order valence-corrected chi connectivity index (χ3v) is 2.80. The molecule has 0 saturated carbocycles. The van der Waals surface area contributed by atoms with E-state index < -0.39 is 5.97 Å². The zero-order chi connectivity index (χ0) is 14.5. The van der Waals surface area contributed by atoms with Crippen LogP contribution < -0.4 is 0 Å². The van der Waals surface area contributed by atoms with Crippen molar-refractivity contribution in [3.05, 3.63) is 65.2 Å². The van der Waals surface area contributed by atoms with Gasteiger partial charge in [-0.05, 0) is 24.6 Å². The van der Waals surface area contributed by atoms with Gasteiger partial charge in [-0.25, -0.2) is 4.79 Å². The molecule has 4 nitrogen and oxygen atoms in total. The summed E-state index contributed by atoms with van der Waals surface area (Å²) in [5.74, 6) is -1.15. The quantitative estimate of drug-likeness (QED) is 0.685. The monoisotopic (exact) mass is 270 g/mol. The number of hydrogen-bond donors (Lipinski definition) is 1. The number of Topliss-reactive ketones (excluding diaryl/α,β-unsaturated/α-hetero) is 1. The van der Waals surface area contributed by atoms with E-state index in [9.17, 15) is 14.7 Å². The van der Waals surface area contributed by atoms with Crippen molar-refractivity contribution in [1.82, 2.24) is 0 Å². The Morgan fingerprint density at radius 1 is 1.10 bits per heavy atom. The van der Waals surface area contributed by atoms with Crippen molar-refractivity contribution < 1.29 is 19.4 Å². The lowest BCUT2D eigenvalue weighted by molar-refractivity contribution is 0.0472. The number of esters is 1. The van der Waals surface area contributed by atoms with E-state index in [0.717, 1.165) is 5.56 Å². The Hall–Kier alpha value is -2.62. The summed E-state index contributed by atoms with van der Waals surface area (Å²) < 4.78 is 4.92. The first-order chi connectivity index (χ1) is 9.58. The number of aromatic hydroxyl groups is 1. The molecule has 0 radical (unpaired) electrons. The molecule has 0 aliphatic rings. The lowest BCUT2D eigenvalue weighted by Gasteiger charge is -2.06. The molecule has 0 bridgehead atoms. The molecular formula is C16H14O4. The lowest BCUT2D eigenvalue weighted by Crippen LogP contribution is -2.14. The van der Waals surface area contributed by atoms with Crippen molar-refractivity contribution in [2.75, 3.05) is 6.61 Å². The number of ether oxygens (including phenoxy) is 1. The SMILES string of the molecule is Cc1ccc(C(=O)OCC(=O)c2ccccc2)c(O)c1. The third-order valence-electron chi connectivity index (χ3n) is 2.80. The molecule has 2 rings (SSSR count). The van der Waals surface area contributed by atoms with Gasteiger partial charge in [-0.15, -0.1) is 0 Å². The van der Waals surface area contributed by atoms with Crippen LogP contribution in [0.5, 0.6) is 5.75 Å². The molecule has 102 valence electrons. The molecule has 0 amide bonds. The van der Waals surface area contributed by atoms with Crippen LogP contribution in [0.2, 0.25) is 0 Å².